The lowest BCUT2D eigenvalue weighted by molar-refractivity contribution is -0.127. The number of nitrogens with zero attached hydrogens (tertiary/aromatic N) is 3. The molecule has 39 heavy (non-hydrogen) atoms. The van der Waals surface area contributed by atoms with E-state index in [0.29, 0.717) is 29.8 Å². The maximum atomic E-state index is 11.1. The van der Waals surface area contributed by atoms with Gasteiger partial charge in [-0.25, -0.2) is 0 Å². The molecule has 9 heteroatoms. The second kappa shape index (κ2) is 13.7. The van der Waals surface area contributed by atoms with Gasteiger partial charge in [-0.1, -0.05) is 38.9 Å². The molecule has 0 bridgehead atoms. The zero-order chi connectivity index (χ0) is 28.7. The van der Waals surface area contributed by atoms with Gasteiger partial charge in [0, 0.05) is 24.1 Å². The first-order valence-electron chi connectivity index (χ1n) is 13.6. The number of amides is 1. The minimum Gasteiger partial charge on any atom is -0.490 e. The van der Waals surface area contributed by atoms with Crippen LogP contribution < -0.4 is 10.5 Å². The van der Waals surface area contributed by atoms with Gasteiger partial charge in [-0.2, -0.15) is 4.98 Å². The predicted octanol–water partition coefficient (Wildman–Crippen LogP) is 4.22. The Balaban J connectivity index is 1.85. The van der Waals surface area contributed by atoms with Gasteiger partial charge in [-0.05, 0) is 85.8 Å². The van der Waals surface area contributed by atoms with E-state index in [1.165, 1.54) is 11.1 Å². The number of rotatable bonds is 14. The zero-order valence-corrected chi connectivity index (χ0v) is 23.9. The highest BCUT2D eigenvalue weighted by Gasteiger charge is 2.20. The first kappa shape index (κ1) is 30.3. The Bertz CT molecular complexity index is 1260. The van der Waals surface area contributed by atoms with Crippen LogP contribution in [0.1, 0.15) is 68.7 Å². The number of hydrogen-bond acceptors (Lipinski definition) is 8. The van der Waals surface area contributed by atoms with Crippen LogP contribution in [0.25, 0.3) is 22.8 Å². The van der Waals surface area contributed by atoms with Gasteiger partial charge in [0.1, 0.15) is 18.5 Å². The Kier molecular flexibility index (Phi) is 10.6. The van der Waals surface area contributed by atoms with E-state index in [0.717, 1.165) is 41.8 Å². The minimum absolute atomic E-state index is 0.0775. The van der Waals surface area contributed by atoms with Crippen LogP contribution in [-0.2, 0) is 17.8 Å². The molecule has 212 valence electrons. The molecule has 1 amide bonds. The van der Waals surface area contributed by atoms with Crippen LogP contribution in [0.3, 0.4) is 0 Å². The molecular formula is C30H42N4O5. The number of aliphatic hydroxyl groups is 2. The van der Waals surface area contributed by atoms with Crippen molar-refractivity contribution < 1.29 is 24.3 Å². The summed E-state index contributed by atoms with van der Waals surface area (Å²) in [4.78, 5) is 18.1. The number of nitrogens with two attached hydrogens (primary N) is 1. The monoisotopic (exact) mass is 538 g/mol. The molecule has 0 aliphatic rings. The molecule has 2 aromatic carbocycles. The summed E-state index contributed by atoms with van der Waals surface area (Å²) in [5.41, 5.74) is 11.0. The van der Waals surface area contributed by atoms with Crippen LogP contribution in [-0.4, -0.2) is 63.6 Å². The van der Waals surface area contributed by atoms with Crippen molar-refractivity contribution in [3.63, 3.8) is 0 Å². The van der Waals surface area contributed by atoms with Gasteiger partial charge in [-0.15, -0.1) is 0 Å². The topological polar surface area (TPSA) is 135 Å². The number of carbonyl (C=O) groups excluding carboxylic acids is 1. The molecule has 2 atom stereocenters. The van der Waals surface area contributed by atoms with Crippen LogP contribution in [0.2, 0.25) is 0 Å². The summed E-state index contributed by atoms with van der Waals surface area (Å²) in [7, 11) is 2.13. The fourth-order valence-electron chi connectivity index (χ4n) is 4.56. The van der Waals surface area contributed by atoms with E-state index in [9.17, 15) is 15.0 Å². The molecule has 1 heterocycles. The van der Waals surface area contributed by atoms with Gasteiger partial charge < -0.3 is 30.1 Å². The molecule has 0 saturated heterocycles. The van der Waals surface area contributed by atoms with Gasteiger partial charge >= 0.3 is 0 Å². The van der Waals surface area contributed by atoms with E-state index in [1.807, 2.05) is 26.0 Å². The molecule has 0 radical (unpaired) electrons. The summed E-state index contributed by atoms with van der Waals surface area (Å²) in [6, 6.07) is 10.4. The third-order valence-electron chi connectivity index (χ3n) is 6.65. The van der Waals surface area contributed by atoms with Crippen molar-refractivity contribution in [2.45, 2.75) is 78.6 Å². The lowest BCUT2D eigenvalue weighted by Gasteiger charge is -2.18. The van der Waals surface area contributed by atoms with Gasteiger partial charge in [0.05, 0.1) is 6.10 Å². The van der Waals surface area contributed by atoms with Crippen molar-refractivity contribution in [1.29, 1.82) is 0 Å². The van der Waals surface area contributed by atoms with Gasteiger partial charge in [-0.3, -0.25) is 4.79 Å². The Morgan fingerprint density at radius 3 is 2.51 bits per heavy atom. The Morgan fingerprint density at radius 2 is 1.87 bits per heavy atom. The fraction of sp³-hybridized carbons (Fsp3) is 0.500. The van der Waals surface area contributed by atoms with Gasteiger partial charge in [0.15, 0.2) is 0 Å². The maximum Gasteiger partial charge on any atom is 0.258 e. The highest BCUT2D eigenvalue weighted by molar-refractivity contribution is 5.78. The van der Waals surface area contributed by atoms with E-state index in [-0.39, 0.29) is 13.0 Å². The second-order valence-electron chi connectivity index (χ2n) is 10.5. The SMILES string of the molecule is CCCN(C)Cc1cc(-c2nc(-c3cc(C)c(OC[C@@H](O)CC(O)C(N)=O)c(CC)c3)no2)cc(C(C)C)c1. The molecule has 0 aliphatic carbocycles. The van der Waals surface area contributed by atoms with Crippen molar-refractivity contribution in [2.24, 2.45) is 5.73 Å². The number of carbonyl (C=O) groups is 1. The van der Waals surface area contributed by atoms with E-state index >= 15 is 0 Å². The summed E-state index contributed by atoms with van der Waals surface area (Å²) in [5.74, 6) is 1.09. The third kappa shape index (κ3) is 8.11. The lowest BCUT2D eigenvalue weighted by atomic mass is 9.97. The van der Waals surface area contributed by atoms with E-state index < -0.39 is 18.1 Å². The molecule has 0 saturated carbocycles. The molecule has 1 unspecified atom stereocenters. The predicted molar refractivity (Wildman–Crippen MR) is 151 cm³/mol. The first-order valence-corrected chi connectivity index (χ1v) is 13.6. The van der Waals surface area contributed by atoms with Crippen LogP contribution in [0.15, 0.2) is 34.9 Å². The van der Waals surface area contributed by atoms with E-state index in [1.54, 1.807) is 0 Å². The van der Waals surface area contributed by atoms with Gasteiger partial charge in [0.2, 0.25) is 11.7 Å². The average Bonchev–Trinajstić information content (AvgIpc) is 3.38. The molecule has 3 aromatic rings. The van der Waals surface area contributed by atoms with E-state index in [2.05, 4.69) is 56.1 Å². The van der Waals surface area contributed by atoms with Crippen molar-refractivity contribution in [1.82, 2.24) is 15.0 Å². The summed E-state index contributed by atoms with van der Waals surface area (Å²) >= 11 is 0. The molecule has 1 aromatic heterocycles. The normalized spacial score (nSPS) is 13.2. The van der Waals surface area contributed by atoms with Crippen molar-refractivity contribution in [2.75, 3.05) is 20.2 Å². The van der Waals surface area contributed by atoms with Crippen LogP contribution in [0, 0.1) is 6.92 Å². The highest BCUT2D eigenvalue weighted by atomic mass is 16.5. The van der Waals surface area contributed by atoms with Crippen LogP contribution in [0.4, 0.5) is 0 Å². The summed E-state index contributed by atoms with van der Waals surface area (Å²) < 4.78 is 11.6. The molecular weight excluding hydrogens is 496 g/mol. The lowest BCUT2D eigenvalue weighted by Crippen LogP contribution is -2.33. The first-order chi connectivity index (χ1) is 18.5. The summed E-state index contributed by atoms with van der Waals surface area (Å²) in [5, 5.41) is 24.0. The molecule has 0 fully saturated rings. The molecule has 4 N–H and O–H groups in total. The smallest absolute Gasteiger partial charge is 0.258 e. The number of benzene rings is 2. The van der Waals surface area contributed by atoms with E-state index in [4.69, 9.17) is 20.0 Å². The standard InChI is InChI=1S/C30H42N4O5/c1-7-9-34(6)16-20-11-22(18(3)4)14-24(12-20)30-32-29(33-39-30)23-10-19(5)27(21(8-2)13-23)38-17-25(35)15-26(36)28(31)37/h10-14,18,25-26,35-36H,7-9,15-17H2,1-6H3,(H2,31,37)/t25-,26?/m0/s1. The number of hydrogen-bond donors (Lipinski definition) is 3. The largest absolute Gasteiger partial charge is 0.490 e. The summed E-state index contributed by atoms with van der Waals surface area (Å²) in [6.07, 6.45) is -0.861. The number of aliphatic hydroxyl groups excluding tert-OH is 2. The zero-order valence-electron chi connectivity index (χ0n) is 23.9. The molecule has 3 rings (SSSR count). The maximum absolute atomic E-state index is 11.1. The number of primary amides is 1. The Hall–Kier alpha value is -3.27. The minimum atomic E-state index is -1.42. The van der Waals surface area contributed by atoms with Crippen LogP contribution >= 0.6 is 0 Å². The van der Waals surface area contributed by atoms with Crippen molar-refractivity contribution in [3.8, 4) is 28.6 Å². The number of ether oxygens (including phenoxy) is 1. The molecule has 9 nitrogen and oxygen atoms in total. The van der Waals surface area contributed by atoms with Gasteiger partial charge in [0.25, 0.3) is 5.89 Å². The second-order valence-corrected chi connectivity index (χ2v) is 10.5. The number of aromatic nitrogens is 2. The highest BCUT2D eigenvalue weighted by Crippen LogP contribution is 2.32. The van der Waals surface area contributed by atoms with Crippen LogP contribution in [0.5, 0.6) is 5.75 Å². The quantitative estimate of drug-likeness (QED) is 0.278. The third-order valence-corrected chi connectivity index (χ3v) is 6.65. The summed E-state index contributed by atoms with van der Waals surface area (Å²) in [6.45, 7) is 12.2. The molecule has 0 spiro atoms. The number of aryl methyl sites for hydroxylation is 2. The Morgan fingerprint density at radius 1 is 1.13 bits per heavy atom. The Labute approximate surface area is 231 Å². The fourth-order valence-corrected chi connectivity index (χ4v) is 4.56. The molecule has 0 aliphatic heterocycles. The van der Waals surface area contributed by atoms with Crippen molar-refractivity contribution in [3.05, 3.63) is 52.6 Å². The van der Waals surface area contributed by atoms with Crippen molar-refractivity contribution >= 4 is 5.91 Å². The average molecular weight is 539 g/mol.